The average Bonchev–Trinajstić information content (AvgIpc) is 3.89. The predicted octanol–water partition coefficient (Wildman–Crippen LogP) is 6.02. The van der Waals surface area contributed by atoms with E-state index >= 15 is 4.39 Å². The zero-order valence-corrected chi connectivity index (χ0v) is 25.9. The summed E-state index contributed by atoms with van der Waals surface area (Å²) >= 11 is 0. The molecular formula is C34H32F4N4O6. The molecule has 10 nitrogen and oxygen atoms in total. The van der Waals surface area contributed by atoms with Gasteiger partial charge in [-0.1, -0.05) is 0 Å². The number of halogens is 4. The minimum Gasteiger partial charge on any atom is -0.493 e. The lowest BCUT2D eigenvalue weighted by molar-refractivity contribution is -0.131. The maximum Gasteiger partial charge on any atom is 0.293 e. The number of pyridine rings is 1. The second-order valence-electron chi connectivity index (χ2n) is 11.6. The van der Waals surface area contributed by atoms with Crippen LogP contribution in [0.4, 0.5) is 28.9 Å². The van der Waals surface area contributed by atoms with Crippen molar-refractivity contribution in [3.8, 4) is 23.0 Å². The molecule has 48 heavy (non-hydrogen) atoms. The molecule has 6 rings (SSSR count). The summed E-state index contributed by atoms with van der Waals surface area (Å²) < 4.78 is 79.8. The minimum atomic E-state index is -3.13. The van der Waals surface area contributed by atoms with Crippen molar-refractivity contribution >= 4 is 34.1 Å². The number of carbonyl (C=O) groups is 2. The van der Waals surface area contributed by atoms with E-state index < -0.39 is 47.9 Å². The zero-order chi connectivity index (χ0) is 33.9. The van der Waals surface area contributed by atoms with Crippen molar-refractivity contribution in [3.05, 3.63) is 78.5 Å². The Hall–Kier alpha value is -4.95. The summed E-state index contributed by atoms with van der Waals surface area (Å²) in [6.07, 6.45) is 2.02. The Kier molecular flexibility index (Phi) is 9.38. The first-order valence-corrected chi connectivity index (χ1v) is 15.2. The highest BCUT2D eigenvalue weighted by molar-refractivity contribution is 6.16. The molecule has 14 heteroatoms. The standard InChI is InChI=1S/C34H32F4N4O6/c1-45-29-17-24-26(18-30(29)47-20-34(37,38)19-42-12-14-46-15-13-42)39-11-8-27(24)48-28-7-6-23(16-25(28)36)41-32(44)33(9-10-33)31(43)40-22-4-2-21(35)3-5-22/h2-8,11,16-18H,9-10,12-15,19-20H2,1H3,(H,40,43)(H,41,44). The highest BCUT2D eigenvalue weighted by Crippen LogP contribution is 2.48. The van der Waals surface area contributed by atoms with Crippen molar-refractivity contribution in [2.24, 2.45) is 5.41 Å². The van der Waals surface area contributed by atoms with Crippen LogP contribution in [0.15, 0.2) is 66.9 Å². The van der Waals surface area contributed by atoms with Gasteiger partial charge in [0.15, 0.2) is 29.7 Å². The van der Waals surface area contributed by atoms with Crippen LogP contribution in [-0.2, 0) is 14.3 Å². The molecule has 2 fully saturated rings. The van der Waals surface area contributed by atoms with Crippen LogP contribution >= 0.6 is 0 Å². The van der Waals surface area contributed by atoms with Crippen LogP contribution in [0.3, 0.4) is 0 Å². The number of anilines is 2. The summed E-state index contributed by atoms with van der Waals surface area (Å²) in [5, 5.41) is 5.62. The molecule has 1 saturated heterocycles. The summed E-state index contributed by atoms with van der Waals surface area (Å²) in [6.45, 7) is 0.286. The summed E-state index contributed by atoms with van der Waals surface area (Å²) in [7, 11) is 1.36. The van der Waals surface area contributed by atoms with E-state index in [9.17, 15) is 22.8 Å². The van der Waals surface area contributed by atoms with Crippen molar-refractivity contribution in [3.63, 3.8) is 0 Å². The van der Waals surface area contributed by atoms with Crippen LogP contribution in [0.2, 0.25) is 0 Å². The van der Waals surface area contributed by atoms with E-state index in [0.717, 1.165) is 6.07 Å². The number of ether oxygens (including phenoxy) is 4. The third kappa shape index (κ3) is 7.44. The van der Waals surface area contributed by atoms with E-state index in [-0.39, 0.29) is 28.7 Å². The quantitative estimate of drug-likeness (QED) is 0.139. The second-order valence-corrected chi connectivity index (χ2v) is 11.6. The van der Waals surface area contributed by atoms with Gasteiger partial charge in [0.05, 0.1) is 32.4 Å². The van der Waals surface area contributed by atoms with E-state index in [2.05, 4.69) is 15.6 Å². The number of alkyl halides is 2. The molecule has 3 aromatic carbocycles. The Morgan fingerprint density at radius 3 is 2.25 bits per heavy atom. The molecule has 2 N–H and O–H groups in total. The number of amides is 2. The van der Waals surface area contributed by atoms with Gasteiger partial charge in [0.1, 0.15) is 17.0 Å². The number of benzene rings is 3. The van der Waals surface area contributed by atoms with E-state index in [4.69, 9.17) is 18.9 Å². The number of nitrogens with zero attached hydrogens (tertiary/aromatic N) is 2. The maximum absolute atomic E-state index is 15.2. The molecule has 1 aromatic heterocycles. The Bertz CT molecular complexity index is 1810. The smallest absolute Gasteiger partial charge is 0.293 e. The Morgan fingerprint density at radius 1 is 0.896 bits per heavy atom. The fourth-order valence-electron chi connectivity index (χ4n) is 5.30. The third-order valence-electron chi connectivity index (χ3n) is 8.12. The number of carbonyl (C=O) groups excluding carboxylic acids is 2. The van der Waals surface area contributed by atoms with Gasteiger partial charge in [-0.2, -0.15) is 0 Å². The molecule has 2 aliphatic rings. The first-order valence-electron chi connectivity index (χ1n) is 15.2. The largest absolute Gasteiger partial charge is 0.493 e. The van der Waals surface area contributed by atoms with Crippen LogP contribution < -0.4 is 24.8 Å². The van der Waals surface area contributed by atoms with Gasteiger partial charge < -0.3 is 29.6 Å². The van der Waals surface area contributed by atoms with Gasteiger partial charge in [0, 0.05) is 48.2 Å². The van der Waals surface area contributed by atoms with Crippen LogP contribution in [0, 0.1) is 17.0 Å². The lowest BCUT2D eigenvalue weighted by atomic mass is 10.0. The molecule has 1 aliphatic carbocycles. The molecule has 0 atom stereocenters. The van der Waals surface area contributed by atoms with E-state index in [1.807, 2.05) is 0 Å². The van der Waals surface area contributed by atoms with Crippen molar-refractivity contribution in [2.45, 2.75) is 18.8 Å². The van der Waals surface area contributed by atoms with Crippen LogP contribution in [0.25, 0.3) is 10.9 Å². The SMILES string of the molecule is COc1cc2c(Oc3ccc(NC(=O)C4(C(=O)Nc5ccc(F)cc5)CC4)cc3F)ccnc2cc1OCC(F)(F)CN1CCOCC1. The molecule has 2 amide bonds. The molecule has 252 valence electrons. The number of rotatable bonds is 12. The minimum absolute atomic E-state index is 0.0577. The Balaban J connectivity index is 1.12. The molecule has 1 aliphatic heterocycles. The first-order chi connectivity index (χ1) is 23.0. The highest BCUT2D eigenvalue weighted by Gasteiger charge is 2.56. The van der Waals surface area contributed by atoms with E-state index in [1.54, 1.807) is 4.90 Å². The number of hydrogen-bond donors (Lipinski definition) is 2. The highest BCUT2D eigenvalue weighted by atomic mass is 19.3. The van der Waals surface area contributed by atoms with Crippen molar-refractivity contribution < 1.29 is 46.1 Å². The zero-order valence-electron chi connectivity index (χ0n) is 25.9. The van der Waals surface area contributed by atoms with Crippen LogP contribution in [0.5, 0.6) is 23.0 Å². The maximum atomic E-state index is 15.2. The van der Waals surface area contributed by atoms with Gasteiger partial charge in [-0.05, 0) is 61.4 Å². The molecule has 1 saturated carbocycles. The van der Waals surface area contributed by atoms with Gasteiger partial charge in [0.2, 0.25) is 11.8 Å². The lowest BCUT2D eigenvalue weighted by Crippen LogP contribution is -2.45. The average molecular weight is 669 g/mol. The number of methoxy groups -OCH3 is 1. The predicted molar refractivity (Wildman–Crippen MR) is 168 cm³/mol. The summed E-state index contributed by atoms with van der Waals surface area (Å²) in [5.41, 5.74) is -0.535. The fourth-order valence-corrected chi connectivity index (χ4v) is 5.30. The van der Waals surface area contributed by atoms with Crippen molar-refractivity contribution in [1.82, 2.24) is 9.88 Å². The van der Waals surface area contributed by atoms with Crippen LogP contribution in [0.1, 0.15) is 12.8 Å². The molecule has 0 spiro atoms. The van der Waals surface area contributed by atoms with Crippen molar-refractivity contribution in [2.75, 3.05) is 57.2 Å². The number of fused-ring (bicyclic) bond motifs is 1. The van der Waals surface area contributed by atoms with Crippen LogP contribution in [-0.4, -0.2) is 74.2 Å². The number of nitrogens with one attached hydrogen (secondary N) is 2. The molecule has 2 heterocycles. The summed E-state index contributed by atoms with van der Waals surface area (Å²) in [6, 6.07) is 13.4. The Labute approximate surface area is 272 Å². The molecule has 4 aromatic rings. The van der Waals surface area contributed by atoms with E-state index in [1.165, 1.54) is 67.9 Å². The molecule has 0 radical (unpaired) electrons. The molecule has 0 bridgehead atoms. The number of hydrogen-bond acceptors (Lipinski definition) is 8. The number of aromatic nitrogens is 1. The van der Waals surface area contributed by atoms with Gasteiger partial charge in [-0.25, -0.2) is 17.6 Å². The van der Waals surface area contributed by atoms with Gasteiger partial charge in [-0.3, -0.25) is 19.5 Å². The normalized spacial score (nSPS) is 15.9. The van der Waals surface area contributed by atoms with Gasteiger partial charge in [0.25, 0.3) is 5.92 Å². The van der Waals surface area contributed by atoms with Crippen molar-refractivity contribution in [1.29, 1.82) is 0 Å². The summed E-state index contributed by atoms with van der Waals surface area (Å²) in [5.74, 6) is -5.28. The topological polar surface area (TPSA) is 111 Å². The fraction of sp³-hybridized carbons (Fsp3) is 0.324. The van der Waals surface area contributed by atoms with E-state index in [0.29, 0.717) is 55.7 Å². The number of morpholine rings is 1. The third-order valence-corrected chi connectivity index (χ3v) is 8.12. The second kappa shape index (κ2) is 13.6. The molecular weight excluding hydrogens is 636 g/mol. The van der Waals surface area contributed by atoms with Gasteiger partial charge in [-0.15, -0.1) is 0 Å². The summed E-state index contributed by atoms with van der Waals surface area (Å²) in [4.78, 5) is 31.8. The Morgan fingerprint density at radius 2 is 1.58 bits per heavy atom. The molecule has 0 unspecified atom stereocenters. The lowest BCUT2D eigenvalue weighted by Gasteiger charge is -2.30. The monoisotopic (exact) mass is 668 g/mol. The first kappa shape index (κ1) is 33.0. The van der Waals surface area contributed by atoms with Gasteiger partial charge >= 0.3 is 0 Å².